The Labute approximate surface area is 198 Å². The third kappa shape index (κ3) is 6.46. The lowest BCUT2D eigenvalue weighted by Gasteiger charge is -2.23. The molecule has 2 unspecified atom stereocenters. The fourth-order valence-corrected chi connectivity index (χ4v) is 3.83. The highest BCUT2D eigenvalue weighted by Crippen LogP contribution is 2.39. The van der Waals surface area contributed by atoms with Gasteiger partial charge in [0.1, 0.15) is 6.04 Å². The predicted molar refractivity (Wildman–Crippen MR) is 128 cm³/mol. The number of carbonyl (C=O) groups is 2. The van der Waals surface area contributed by atoms with Crippen LogP contribution in [0.3, 0.4) is 0 Å². The smallest absolute Gasteiger partial charge is 0.253 e. The van der Waals surface area contributed by atoms with Gasteiger partial charge in [0, 0.05) is 0 Å². The molecule has 0 saturated heterocycles. The van der Waals surface area contributed by atoms with Crippen molar-refractivity contribution in [1.82, 2.24) is 10.6 Å². The zero-order valence-corrected chi connectivity index (χ0v) is 20.4. The number of thioether (sulfide) groups is 1. The largest absolute Gasteiger partial charge is 0.493 e. The average Bonchev–Trinajstić information content (AvgIpc) is 2.80. The van der Waals surface area contributed by atoms with Crippen molar-refractivity contribution in [3.63, 3.8) is 0 Å². The Hall–Kier alpha value is -2.58. The first-order valence-corrected chi connectivity index (χ1v) is 11.8. The Balaban J connectivity index is 2.20. The van der Waals surface area contributed by atoms with Gasteiger partial charge in [0.15, 0.2) is 11.5 Å². The summed E-state index contributed by atoms with van der Waals surface area (Å²) in [7, 11) is 4.60. The normalized spacial score (nSPS) is 12.4. The van der Waals surface area contributed by atoms with Crippen molar-refractivity contribution in [3.05, 3.63) is 52.5 Å². The van der Waals surface area contributed by atoms with E-state index in [1.807, 2.05) is 13.2 Å². The van der Waals surface area contributed by atoms with Crippen LogP contribution in [0.5, 0.6) is 17.2 Å². The minimum absolute atomic E-state index is 0.291. The molecule has 2 aromatic carbocycles. The van der Waals surface area contributed by atoms with E-state index in [0.29, 0.717) is 40.0 Å². The molecule has 0 aliphatic rings. The van der Waals surface area contributed by atoms with Gasteiger partial charge in [0.05, 0.1) is 38.0 Å². The molecule has 7 nitrogen and oxygen atoms in total. The van der Waals surface area contributed by atoms with Crippen LogP contribution in [0, 0.1) is 0 Å². The summed E-state index contributed by atoms with van der Waals surface area (Å²) in [5, 5.41) is 6.11. The van der Waals surface area contributed by atoms with E-state index in [-0.39, 0.29) is 11.9 Å². The standard InChI is InChI=1S/C23H29ClN2O5S/c1-14(15-12-19(29-2)21(31-4)20(13-15)30-3)25-23(28)18(10-11-32-5)26-22(27)16-8-6-7-9-17(16)24/h6-9,12-14,18H,10-11H2,1-5H3,(H,25,28)(H,26,27). The fraction of sp³-hybridized carbons (Fsp3) is 0.391. The molecule has 0 aliphatic heterocycles. The van der Waals surface area contributed by atoms with Gasteiger partial charge >= 0.3 is 0 Å². The van der Waals surface area contributed by atoms with Crippen LogP contribution in [-0.2, 0) is 4.79 Å². The lowest BCUT2D eigenvalue weighted by atomic mass is 10.1. The molecule has 0 heterocycles. The summed E-state index contributed by atoms with van der Waals surface area (Å²) in [6.07, 6.45) is 2.43. The van der Waals surface area contributed by atoms with Crippen molar-refractivity contribution in [1.29, 1.82) is 0 Å². The van der Waals surface area contributed by atoms with Crippen LogP contribution < -0.4 is 24.8 Å². The van der Waals surface area contributed by atoms with Crippen molar-refractivity contribution < 1.29 is 23.8 Å². The topological polar surface area (TPSA) is 85.9 Å². The minimum atomic E-state index is -0.712. The summed E-state index contributed by atoms with van der Waals surface area (Å²) in [5.41, 5.74) is 1.10. The van der Waals surface area contributed by atoms with Crippen LogP contribution in [0.2, 0.25) is 5.02 Å². The van der Waals surface area contributed by atoms with Crippen molar-refractivity contribution in [2.24, 2.45) is 0 Å². The second-order valence-corrected chi connectivity index (χ2v) is 8.37. The molecular formula is C23H29ClN2O5S. The van der Waals surface area contributed by atoms with E-state index >= 15 is 0 Å². The molecule has 0 aliphatic carbocycles. The van der Waals surface area contributed by atoms with Gasteiger partial charge in [-0.2, -0.15) is 11.8 Å². The number of benzene rings is 2. The Kier molecular flexibility index (Phi) is 9.99. The summed E-state index contributed by atoms with van der Waals surface area (Å²) in [6, 6.07) is 9.22. The van der Waals surface area contributed by atoms with E-state index in [4.69, 9.17) is 25.8 Å². The molecule has 2 atom stereocenters. The molecule has 0 saturated carbocycles. The second kappa shape index (κ2) is 12.5. The van der Waals surface area contributed by atoms with E-state index in [9.17, 15) is 9.59 Å². The lowest BCUT2D eigenvalue weighted by molar-refractivity contribution is -0.123. The molecule has 0 radical (unpaired) electrons. The molecular weight excluding hydrogens is 452 g/mol. The first-order valence-electron chi connectivity index (χ1n) is 10.0. The zero-order valence-electron chi connectivity index (χ0n) is 18.9. The number of methoxy groups -OCH3 is 3. The van der Waals surface area contributed by atoms with E-state index in [2.05, 4.69) is 10.6 Å². The molecule has 32 heavy (non-hydrogen) atoms. The third-order valence-corrected chi connectivity index (χ3v) is 5.87. The molecule has 0 fully saturated rings. The van der Waals surface area contributed by atoms with Gasteiger partial charge < -0.3 is 24.8 Å². The summed E-state index contributed by atoms with van der Waals surface area (Å²) in [6.45, 7) is 1.85. The lowest BCUT2D eigenvalue weighted by Crippen LogP contribution is -2.47. The zero-order chi connectivity index (χ0) is 23.7. The van der Waals surface area contributed by atoms with E-state index < -0.39 is 11.9 Å². The van der Waals surface area contributed by atoms with Gasteiger partial charge in [-0.05, 0) is 55.2 Å². The quantitative estimate of drug-likeness (QED) is 0.503. The van der Waals surface area contributed by atoms with Crippen LogP contribution in [0.15, 0.2) is 36.4 Å². The fourth-order valence-electron chi connectivity index (χ4n) is 3.13. The monoisotopic (exact) mass is 480 g/mol. The molecule has 0 spiro atoms. The molecule has 0 bridgehead atoms. The number of amides is 2. The van der Waals surface area contributed by atoms with E-state index in [0.717, 1.165) is 5.56 Å². The molecule has 2 rings (SSSR count). The number of ether oxygens (including phenoxy) is 3. The van der Waals surface area contributed by atoms with Gasteiger partial charge in [-0.25, -0.2) is 0 Å². The number of rotatable bonds is 11. The van der Waals surface area contributed by atoms with E-state index in [1.165, 1.54) is 21.3 Å². The summed E-state index contributed by atoms with van der Waals surface area (Å²) in [5.74, 6) is 1.49. The van der Waals surface area contributed by atoms with Gasteiger partial charge in [0.2, 0.25) is 11.7 Å². The highest BCUT2D eigenvalue weighted by molar-refractivity contribution is 7.98. The molecule has 2 N–H and O–H groups in total. The Morgan fingerprint density at radius 3 is 2.19 bits per heavy atom. The maximum Gasteiger partial charge on any atom is 0.253 e. The number of nitrogens with one attached hydrogen (secondary N) is 2. The van der Waals surface area contributed by atoms with Crippen molar-refractivity contribution in [3.8, 4) is 17.2 Å². The Morgan fingerprint density at radius 1 is 1.03 bits per heavy atom. The van der Waals surface area contributed by atoms with Gasteiger partial charge in [0.25, 0.3) is 5.91 Å². The highest BCUT2D eigenvalue weighted by atomic mass is 35.5. The molecule has 174 valence electrons. The number of carbonyl (C=O) groups excluding carboxylic acids is 2. The van der Waals surface area contributed by atoms with Gasteiger partial charge in [-0.15, -0.1) is 0 Å². The Morgan fingerprint density at radius 2 is 1.66 bits per heavy atom. The number of hydrogen-bond acceptors (Lipinski definition) is 6. The van der Waals surface area contributed by atoms with Crippen LogP contribution in [0.1, 0.15) is 35.3 Å². The minimum Gasteiger partial charge on any atom is -0.493 e. The number of halogens is 1. The SMILES string of the molecule is COc1cc(C(C)NC(=O)C(CCSC)NC(=O)c2ccccc2Cl)cc(OC)c1OC. The third-order valence-electron chi connectivity index (χ3n) is 4.90. The van der Waals surface area contributed by atoms with Crippen molar-refractivity contribution >= 4 is 35.2 Å². The van der Waals surface area contributed by atoms with Gasteiger partial charge in [-0.1, -0.05) is 23.7 Å². The van der Waals surface area contributed by atoms with Crippen LogP contribution >= 0.6 is 23.4 Å². The van der Waals surface area contributed by atoms with Crippen molar-refractivity contribution in [2.75, 3.05) is 33.3 Å². The first-order chi connectivity index (χ1) is 15.4. The maximum absolute atomic E-state index is 13.1. The molecule has 0 aromatic heterocycles. The summed E-state index contributed by atoms with van der Waals surface area (Å²) < 4.78 is 16.2. The van der Waals surface area contributed by atoms with Crippen LogP contribution in [0.4, 0.5) is 0 Å². The summed E-state index contributed by atoms with van der Waals surface area (Å²) in [4.78, 5) is 25.8. The second-order valence-electron chi connectivity index (χ2n) is 6.98. The molecule has 9 heteroatoms. The maximum atomic E-state index is 13.1. The first kappa shape index (κ1) is 25.7. The van der Waals surface area contributed by atoms with Crippen LogP contribution in [-0.4, -0.2) is 51.2 Å². The van der Waals surface area contributed by atoms with Gasteiger partial charge in [-0.3, -0.25) is 9.59 Å². The van der Waals surface area contributed by atoms with E-state index in [1.54, 1.807) is 48.2 Å². The molecule has 2 aromatic rings. The highest BCUT2D eigenvalue weighted by Gasteiger charge is 2.25. The molecule has 2 amide bonds. The number of hydrogen-bond donors (Lipinski definition) is 2. The Bertz CT molecular complexity index is 915. The predicted octanol–water partition coefficient (Wildman–Crippen LogP) is 4.09. The van der Waals surface area contributed by atoms with Crippen molar-refractivity contribution in [2.45, 2.75) is 25.4 Å². The summed E-state index contributed by atoms with van der Waals surface area (Å²) >= 11 is 7.73. The van der Waals surface area contributed by atoms with Crippen LogP contribution in [0.25, 0.3) is 0 Å². The average molecular weight is 481 g/mol.